The van der Waals surface area contributed by atoms with E-state index in [0.29, 0.717) is 12.1 Å². The van der Waals surface area contributed by atoms with Gasteiger partial charge in [0.25, 0.3) is 0 Å². The third-order valence-electron chi connectivity index (χ3n) is 4.13. The van der Waals surface area contributed by atoms with Crippen LogP contribution in [0.2, 0.25) is 0 Å². The van der Waals surface area contributed by atoms with Crippen molar-refractivity contribution in [2.75, 3.05) is 0 Å². The molecule has 1 aromatic heterocycles. The molecule has 1 heterocycles. The molecule has 1 aliphatic rings. The van der Waals surface area contributed by atoms with Gasteiger partial charge in [-0.2, -0.15) is 0 Å². The molecule has 2 heteroatoms. The van der Waals surface area contributed by atoms with Crippen LogP contribution in [0, 0.1) is 11.8 Å². The molecule has 0 radical (unpaired) electrons. The largest absolute Gasteiger partial charge is 0.307 e. The first kappa shape index (κ1) is 12.6. The van der Waals surface area contributed by atoms with E-state index in [-0.39, 0.29) is 0 Å². The number of aromatic nitrogens is 1. The maximum atomic E-state index is 4.07. The summed E-state index contributed by atoms with van der Waals surface area (Å²) in [7, 11) is 0. The molecule has 4 atom stereocenters. The molecule has 94 valence electrons. The van der Waals surface area contributed by atoms with Gasteiger partial charge in [-0.25, -0.2) is 0 Å². The Bertz CT molecular complexity index is 336. The molecule has 3 unspecified atom stereocenters. The van der Waals surface area contributed by atoms with E-state index in [1.54, 1.807) is 0 Å². The quantitative estimate of drug-likeness (QED) is 0.862. The van der Waals surface area contributed by atoms with Gasteiger partial charge < -0.3 is 5.32 Å². The predicted octanol–water partition coefficient (Wildman–Crippen LogP) is 3.56. The zero-order valence-electron chi connectivity index (χ0n) is 11.2. The highest BCUT2D eigenvalue weighted by Crippen LogP contribution is 2.29. The molecule has 2 nitrogen and oxygen atoms in total. The second-order valence-electron chi connectivity index (χ2n) is 5.67. The molecule has 1 saturated carbocycles. The summed E-state index contributed by atoms with van der Waals surface area (Å²) in [5.74, 6) is 1.67. The Hall–Kier alpha value is -0.890. The van der Waals surface area contributed by atoms with Gasteiger partial charge in [0, 0.05) is 24.5 Å². The standard InChI is InChI=1S/C15H24N2/c1-11-4-5-12(2)15(10-11)17-13(3)14-6-8-16-9-7-14/h6-9,11-13,15,17H,4-5,10H2,1-3H3/t11?,12?,13-,15?/m1/s1. The second-order valence-corrected chi connectivity index (χ2v) is 5.67. The van der Waals surface area contributed by atoms with Crippen LogP contribution in [0.5, 0.6) is 0 Å². The first-order chi connectivity index (χ1) is 8.16. The Kier molecular flexibility index (Phi) is 4.16. The fraction of sp³-hybridized carbons (Fsp3) is 0.667. The van der Waals surface area contributed by atoms with E-state index in [9.17, 15) is 0 Å². The van der Waals surface area contributed by atoms with E-state index >= 15 is 0 Å². The first-order valence-electron chi connectivity index (χ1n) is 6.82. The SMILES string of the molecule is CC1CCC(C)C(N[C@H](C)c2ccncc2)C1. The maximum Gasteiger partial charge on any atom is 0.0295 e. The number of rotatable bonds is 3. The van der Waals surface area contributed by atoms with Crippen LogP contribution in [0.25, 0.3) is 0 Å². The van der Waals surface area contributed by atoms with E-state index in [4.69, 9.17) is 0 Å². The number of pyridine rings is 1. The van der Waals surface area contributed by atoms with Crippen molar-refractivity contribution in [3.05, 3.63) is 30.1 Å². The fourth-order valence-electron chi connectivity index (χ4n) is 2.83. The molecule has 0 aliphatic heterocycles. The van der Waals surface area contributed by atoms with Gasteiger partial charge in [0.15, 0.2) is 0 Å². The number of hydrogen-bond donors (Lipinski definition) is 1. The zero-order chi connectivity index (χ0) is 12.3. The van der Waals surface area contributed by atoms with Crippen LogP contribution >= 0.6 is 0 Å². The Labute approximate surface area is 105 Å². The average molecular weight is 232 g/mol. The highest BCUT2D eigenvalue weighted by atomic mass is 15.0. The highest BCUT2D eigenvalue weighted by molar-refractivity contribution is 5.14. The van der Waals surface area contributed by atoms with Crippen molar-refractivity contribution in [1.29, 1.82) is 0 Å². The molecule has 1 aromatic rings. The van der Waals surface area contributed by atoms with Crippen molar-refractivity contribution in [3.63, 3.8) is 0 Å². The van der Waals surface area contributed by atoms with Gasteiger partial charge in [-0.1, -0.05) is 20.3 Å². The monoisotopic (exact) mass is 232 g/mol. The van der Waals surface area contributed by atoms with Crippen molar-refractivity contribution in [2.45, 2.75) is 52.1 Å². The summed E-state index contributed by atoms with van der Waals surface area (Å²) in [5, 5.41) is 3.79. The van der Waals surface area contributed by atoms with E-state index in [2.05, 4.69) is 43.2 Å². The minimum absolute atomic E-state index is 0.427. The Balaban J connectivity index is 1.96. The number of nitrogens with zero attached hydrogens (tertiary/aromatic N) is 1. The summed E-state index contributed by atoms with van der Waals surface area (Å²) in [6.45, 7) is 7.00. The van der Waals surface area contributed by atoms with Gasteiger partial charge in [0.1, 0.15) is 0 Å². The predicted molar refractivity (Wildman–Crippen MR) is 71.8 cm³/mol. The van der Waals surface area contributed by atoms with Gasteiger partial charge in [0.05, 0.1) is 0 Å². The van der Waals surface area contributed by atoms with E-state index < -0.39 is 0 Å². The number of hydrogen-bond acceptors (Lipinski definition) is 2. The molecule has 0 spiro atoms. The van der Waals surface area contributed by atoms with Crippen LogP contribution in [0.15, 0.2) is 24.5 Å². The molecular formula is C15H24N2. The molecular weight excluding hydrogens is 208 g/mol. The van der Waals surface area contributed by atoms with Gasteiger partial charge in [-0.3, -0.25) is 4.98 Å². The summed E-state index contributed by atoms with van der Waals surface area (Å²) < 4.78 is 0. The minimum Gasteiger partial charge on any atom is -0.307 e. The van der Waals surface area contributed by atoms with Crippen molar-refractivity contribution < 1.29 is 0 Å². The first-order valence-corrected chi connectivity index (χ1v) is 6.82. The summed E-state index contributed by atoms with van der Waals surface area (Å²) in [5.41, 5.74) is 1.34. The van der Waals surface area contributed by atoms with Crippen molar-refractivity contribution in [2.24, 2.45) is 11.8 Å². The smallest absolute Gasteiger partial charge is 0.0295 e. The lowest BCUT2D eigenvalue weighted by molar-refractivity contribution is 0.216. The topological polar surface area (TPSA) is 24.9 Å². The molecule has 0 amide bonds. The molecule has 1 fully saturated rings. The van der Waals surface area contributed by atoms with E-state index in [1.807, 2.05) is 12.4 Å². The molecule has 2 rings (SSSR count). The third-order valence-corrected chi connectivity index (χ3v) is 4.13. The summed E-state index contributed by atoms with van der Waals surface area (Å²) >= 11 is 0. The summed E-state index contributed by atoms with van der Waals surface area (Å²) in [4.78, 5) is 4.07. The highest BCUT2D eigenvalue weighted by Gasteiger charge is 2.26. The molecule has 17 heavy (non-hydrogen) atoms. The molecule has 0 saturated heterocycles. The lowest BCUT2D eigenvalue weighted by Gasteiger charge is -2.35. The van der Waals surface area contributed by atoms with Gasteiger partial charge in [-0.15, -0.1) is 0 Å². The molecule has 1 aliphatic carbocycles. The number of nitrogens with one attached hydrogen (secondary N) is 1. The lowest BCUT2D eigenvalue weighted by atomic mass is 9.79. The summed E-state index contributed by atoms with van der Waals surface area (Å²) in [6.07, 6.45) is 7.82. The molecule has 0 bridgehead atoms. The van der Waals surface area contributed by atoms with E-state index in [1.165, 1.54) is 24.8 Å². The Morgan fingerprint density at radius 2 is 1.94 bits per heavy atom. The van der Waals surface area contributed by atoms with Crippen LogP contribution < -0.4 is 5.32 Å². The second kappa shape index (κ2) is 5.63. The van der Waals surface area contributed by atoms with Crippen molar-refractivity contribution in [1.82, 2.24) is 10.3 Å². The zero-order valence-corrected chi connectivity index (χ0v) is 11.2. The molecule has 0 aromatic carbocycles. The van der Waals surface area contributed by atoms with Gasteiger partial charge >= 0.3 is 0 Å². The van der Waals surface area contributed by atoms with Crippen molar-refractivity contribution in [3.8, 4) is 0 Å². The van der Waals surface area contributed by atoms with Crippen LogP contribution in [-0.4, -0.2) is 11.0 Å². The summed E-state index contributed by atoms with van der Waals surface area (Å²) in [6, 6.07) is 5.31. The minimum atomic E-state index is 0.427. The van der Waals surface area contributed by atoms with Gasteiger partial charge in [0.2, 0.25) is 0 Å². The normalized spacial score (nSPS) is 31.1. The average Bonchev–Trinajstić information content (AvgIpc) is 2.35. The van der Waals surface area contributed by atoms with Crippen LogP contribution in [0.4, 0.5) is 0 Å². The van der Waals surface area contributed by atoms with E-state index in [0.717, 1.165) is 11.8 Å². The van der Waals surface area contributed by atoms with Crippen LogP contribution in [0.3, 0.4) is 0 Å². The maximum absolute atomic E-state index is 4.07. The fourth-order valence-corrected chi connectivity index (χ4v) is 2.83. The Morgan fingerprint density at radius 1 is 1.24 bits per heavy atom. The van der Waals surface area contributed by atoms with Gasteiger partial charge in [-0.05, 0) is 49.3 Å². The van der Waals surface area contributed by atoms with Crippen molar-refractivity contribution >= 4 is 0 Å². The Morgan fingerprint density at radius 3 is 2.65 bits per heavy atom. The van der Waals surface area contributed by atoms with Crippen LogP contribution in [-0.2, 0) is 0 Å². The lowest BCUT2D eigenvalue weighted by Crippen LogP contribution is -2.40. The molecule has 1 N–H and O–H groups in total. The third kappa shape index (κ3) is 3.29. The van der Waals surface area contributed by atoms with Crippen LogP contribution in [0.1, 0.15) is 51.6 Å².